The third-order valence-corrected chi connectivity index (χ3v) is 7.22. The Hall–Kier alpha value is 0. The molecule has 0 bridgehead atoms. The molecule has 0 amide bonds. The second-order valence-corrected chi connectivity index (χ2v) is 9.39. The number of hydrogen-bond donors (Lipinski definition) is 0. The minimum absolute atomic E-state index is 1.02. The molecular formula is C22H40. The van der Waals surface area contributed by atoms with Crippen LogP contribution < -0.4 is 0 Å². The fourth-order valence-corrected chi connectivity index (χ4v) is 5.78. The maximum absolute atomic E-state index is 2.48. The molecule has 3 fully saturated rings. The molecule has 3 aliphatic carbocycles. The summed E-state index contributed by atoms with van der Waals surface area (Å²) in [4.78, 5) is 0. The summed E-state index contributed by atoms with van der Waals surface area (Å²) in [5, 5.41) is 0. The Morgan fingerprint density at radius 2 is 1.50 bits per heavy atom. The van der Waals surface area contributed by atoms with Gasteiger partial charge in [-0.1, -0.05) is 78.1 Å². The third kappa shape index (κ3) is 5.00. The Balaban J connectivity index is 1.57. The second-order valence-electron chi connectivity index (χ2n) is 9.39. The largest absolute Gasteiger partial charge is 0.0654 e. The maximum atomic E-state index is 2.48. The molecule has 3 rings (SSSR count). The van der Waals surface area contributed by atoms with Crippen LogP contribution in [-0.4, -0.2) is 0 Å². The van der Waals surface area contributed by atoms with Gasteiger partial charge in [0.2, 0.25) is 0 Å². The number of unbranched alkanes of at least 4 members (excludes halogenated alkanes) is 1. The summed E-state index contributed by atoms with van der Waals surface area (Å²) in [5.74, 6) is 6.52. The summed E-state index contributed by atoms with van der Waals surface area (Å²) < 4.78 is 0. The standard InChI is InChI=1S/C22H40/c1-3-4-7-21-8-5-6-19(14-18-11-12-18)15-22(21)16-20-10-9-17(2)13-20/h17-22H,3-16H2,1-2H3. The van der Waals surface area contributed by atoms with E-state index < -0.39 is 0 Å². The molecule has 5 unspecified atom stereocenters. The quantitative estimate of drug-likeness (QED) is 0.435. The number of hydrogen-bond acceptors (Lipinski definition) is 0. The predicted molar refractivity (Wildman–Crippen MR) is 96.9 cm³/mol. The first-order valence-electron chi connectivity index (χ1n) is 10.7. The van der Waals surface area contributed by atoms with Gasteiger partial charge in [-0.15, -0.1) is 0 Å². The van der Waals surface area contributed by atoms with Gasteiger partial charge in [0.05, 0.1) is 0 Å². The zero-order chi connectivity index (χ0) is 15.4. The average molecular weight is 305 g/mol. The van der Waals surface area contributed by atoms with Gasteiger partial charge in [-0.05, 0) is 61.2 Å². The van der Waals surface area contributed by atoms with Gasteiger partial charge >= 0.3 is 0 Å². The minimum Gasteiger partial charge on any atom is -0.0654 e. The molecule has 0 aromatic rings. The van der Waals surface area contributed by atoms with Gasteiger partial charge in [0.25, 0.3) is 0 Å². The van der Waals surface area contributed by atoms with Crippen LogP contribution in [0.1, 0.15) is 104 Å². The van der Waals surface area contributed by atoms with Crippen molar-refractivity contribution in [3.63, 3.8) is 0 Å². The van der Waals surface area contributed by atoms with Gasteiger partial charge in [0, 0.05) is 0 Å². The molecule has 0 saturated heterocycles. The molecular weight excluding hydrogens is 264 g/mol. The summed E-state index contributed by atoms with van der Waals surface area (Å²) in [5.41, 5.74) is 0. The van der Waals surface area contributed by atoms with Crippen molar-refractivity contribution in [2.24, 2.45) is 35.5 Å². The molecule has 0 radical (unpaired) electrons. The van der Waals surface area contributed by atoms with Crippen molar-refractivity contribution in [3.8, 4) is 0 Å². The van der Waals surface area contributed by atoms with E-state index in [1.807, 2.05) is 0 Å². The lowest BCUT2D eigenvalue weighted by Crippen LogP contribution is -2.19. The fraction of sp³-hybridized carbons (Fsp3) is 1.00. The first-order chi connectivity index (χ1) is 10.7. The van der Waals surface area contributed by atoms with Gasteiger partial charge in [0.15, 0.2) is 0 Å². The van der Waals surface area contributed by atoms with Crippen LogP contribution in [0.15, 0.2) is 0 Å². The molecule has 0 spiro atoms. The Bertz CT molecular complexity index is 316. The van der Waals surface area contributed by atoms with Gasteiger partial charge in [0.1, 0.15) is 0 Å². The van der Waals surface area contributed by atoms with Crippen molar-refractivity contribution in [1.29, 1.82) is 0 Å². The van der Waals surface area contributed by atoms with Crippen LogP contribution in [0, 0.1) is 35.5 Å². The first-order valence-corrected chi connectivity index (χ1v) is 10.7. The van der Waals surface area contributed by atoms with E-state index in [0.717, 1.165) is 35.5 Å². The first kappa shape index (κ1) is 16.8. The van der Waals surface area contributed by atoms with Crippen LogP contribution in [0.2, 0.25) is 0 Å². The van der Waals surface area contributed by atoms with Crippen molar-refractivity contribution < 1.29 is 0 Å². The predicted octanol–water partition coefficient (Wildman–Crippen LogP) is 7.23. The molecule has 3 saturated carbocycles. The van der Waals surface area contributed by atoms with E-state index in [0.29, 0.717) is 0 Å². The minimum atomic E-state index is 1.02. The van der Waals surface area contributed by atoms with E-state index in [2.05, 4.69) is 13.8 Å². The monoisotopic (exact) mass is 304 g/mol. The zero-order valence-corrected chi connectivity index (χ0v) is 15.4. The zero-order valence-electron chi connectivity index (χ0n) is 15.4. The summed E-state index contributed by atoms with van der Waals surface area (Å²) in [7, 11) is 0. The molecule has 0 aromatic heterocycles. The summed E-state index contributed by atoms with van der Waals surface area (Å²) in [6.45, 7) is 4.86. The van der Waals surface area contributed by atoms with Crippen LogP contribution in [0.25, 0.3) is 0 Å². The molecule has 3 aliphatic rings. The van der Waals surface area contributed by atoms with Crippen LogP contribution >= 0.6 is 0 Å². The van der Waals surface area contributed by atoms with Gasteiger partial charge in [-0.3, -0.25) is 0 Å². The van der Waals surface area contributed by atoms with Crippen molar-refractivity contribution >= 4 is 0 Å². The van der Waals surface area contributed by atoms with Crippen LogP contribution in [0.4, 0.5) is 0 Å². The average Bonchev–Trinajstić information content (AvgIpc) is 3.25. The van der Waals surface area contributed by atoms with E-state index in [-0.39, 0.29) is 0 Å². The molecule has 22 heavy (non-hydrogen) atoms. The summed E-state index contributed by atoms with van der Waals surface area (Å²) >= 11 is 0. The highest BCUT2D eigenvalue weighted by Gasteiger charge is 2.34. The van der Waals surface area contributed by atoms with Crippen LogP contribution in [-0.2, 0) is 0 Å². The van der Waals surface area contributed by atoms with Crippen LogP contribution in [0.5, 0.6) is 0 Å². The Morgan fingerprint density at radius 1 is 0.727 bits per heavy atom. The lowest BCUT2D eigenvalue weighted by atomic mass is 9.76. The van der Waals surface area contributed by atoms with Crippen molar-refractivity contribution in [3.05, 3.63) is 0 Å². The highest BCUT2D eigenvalue weighted by Crippen LogP contribution is 2.46. The number of rotatable bonds is 7. The van der Waals surface area contributed by atoms with E-state index in [1.165, 1.54) is 19.3 Å². The third-order valence-electron chi connectivity index (χ3n) is 7.22. The van der Waals surface area contributed by atoms with E-state index in [1.54, 1.807) is 70.6 Å². The smallest absolute Gasteiger partial charge is 0.0381 e. The molecule has 0 N–H and O–H groups in total. The van der Waals surface area contributed by atoms with Crippen LogP contribution in [0.3, 0.4) is 0 Å². The second kappa shape index (κ2) is 8.20. The molecule has 5 atom stereocenters. The highest BCUT2D eigenvalue weighted by molar-refractivity contribution is 4.85. The Morgan fingerprint density at radius 3 is 2.18 bits per heavy atom. The summed E-state index contributed by atoms with van der Waals surface area (Å²) in [6.07, 6.45) is 21.6. The Labute approximate surface area is 139 Å². The lowest BCUT2D eigenvalue weighted by Gasteiger charge is -2.29. The molecule has 128 valence electrons. The molecule has 0 heterocycles. The Kier molecular flexibility index (Phi) is 6.28. The maximum Gasteiger partial charge on any atom is -0.0381 e. The van der Waals surface area contributed by atoms with Gasteiger partial charge in [-0.25, -0.2) is 0 Å². The van der Waals surface area contributed by atoms with Crippen molar-refractivity contribution in [2.45, 2.75) is 104 Å². The summed E-state index contributed by atoms with van der Waals surface area (Å²) in [6, 6.07) is 0. The topological polar surface area (TPSA) is 0 Å². The molecule has 0 heteroatoms. The van der Waals surface area contributed by atoms with E-state index in [9.17, 15) is 0 Å². The lowest BCUT2D eigenvalue weighted by molar-refractivity contribution is 0.213. The SMILES string of the molecule is CCCCC1CCCC(CC2CC2)CC1CC1CCC(C)C1. The molecule has 0 aromatic carbocycles. The normalized spacial score (nSPS) is 39.8. The van der Waals surface area contributed by atoms with Gasteiger partial charge < -0.3 is 0 Å². The molecule has 0 nitrogen and oxygen atoms in total. The fourth-order valence-electron chi connectivity index (χ4n) is 5.78. The van der Waals surface area contributed by atoms with Gasteiger partial charge in [-0.2, -0.15) is 0 Å². The van der Waals surface area contributed by atoms with Crippen molar-refractivity contribution in [1.82, 2.24) is 0 Å². The highest BCUT2D eigenvalue weighted by atomic mass is 14.4. The van der Waals surface area contributed by atoms with Crippen molar-refractivity contribution in [2.75, 3.05) is 0 Å². The van der Waals surface area contributed by atoms with E-state index in [4.69, 9.17) is 0 Å². The molecule has 0 aliphatic heterocycles. The van der Waals surface area contributed by atoms with E-state index >= 15 is 0 Å².